The third-order valence-corrected chi connectivity index (χ3v) is 3.22. The SMILES string of the molecule is NCCC(c1ccccc1)c1cc(C=O)ccc1O. The molecule has 0 saturated carbocycles. The van der Waals surface area contributed by atoms with Crippen molar-refractivity contribution in [2.45, 2.75) is 12.3 Å². The normalized spacial score (nSPS) is 12.1. The number of benzene rings is 2. The van der Waals surface area contributed by atoms with Gasteiger partial charge in [-0.25, -0.2) is 0 Å². The molecule has 0 heterocycles. The maximum absolute atomic E-state index is 10.9. The third-order valence-electron chi connectivity index (χ3n) is 3.22. The summed E-state index contributed by atoms with van der Waals surface area (Å²) in [5.41, 5.74) is 8.07. The van der Waals surface area contributed by atoms with Crippen LogP contribution in [0, 0.1) is 0 Å². The van der Waals surface area contributed by atoms with Crippen LogP contribution in [0.25, 0.3) is 0 Å². The van der Waals surface area contributed by atoms with Gasteiger partial charge >= 0.3 is 0 Å². The van der Waals surface area contributed by atoms with E-state index in [-0.39, 0.29) is 11.7 Å². The summed E-state index contributed by atoms with van der Waals surface area (Å²) >= 11 is 0. The van der Waals surface area contributed by atoms with Gasteiger partial charge in [-0.15, -0.1) is 0 Å². The molecule has 3 nitrogen and oxygen atoms in total. The molecule has 19 heavy (non-hydrogen) atoms. The first-order chi connectivity index (χ1) is 9.26. The van der Waals surface area contributed by atoms with Crippen molar-refractivity contribution in [2.75, 3.05) is 6.54 Å². The minimum atomic E-state index is 0.00565. The van der Waals surface area contributed by atoms with Gasteiger partial charge < -0.3 is 10.8 Å². The Kier molecular flexibility index (Phi) is 4.31. The van der Waals surface area contributed by atoms with Gasteiger partial charge in [0.05, 0.1) is 0 Å². The van der Waals surface area contributed by atoms with Gasteiger partial charge in [-0.2, -0.15) is 0 Å². The molecular formula is C16H17NO2. The predicted octanol–water partition coefficient (Wildman–Crippen LogP) is 2.69. The van der Waals surface area contributed by atoms with Gasteiger partial charge in [0.15, 0.2) is 0 Å². The molecule has 0 aromatic heterocycles. The second-order valence-corrected chi connectivity index (χ2v) is 4.48. The maximum Gasteiger partial charge on any atom is 0.150 e. The lowest BCUT2D eigenvalue weighted by Crippen LogP contribution is -2.09. The molecule has 0 saturated heterocycles. The highest BCUT2D eigenvalue weighted by Crippen LogP contribution is 2.33. The Balaban J connectivity index is 2.47. The zero-order valence-electron chi connectivity index (χ0n) is 10.6. The zero-order valence-corrected chi connectivity index (χ0v) is 10.6. The number of nitrogens with two attached hydrogens (primary N) is 1. The molecular weight excluding hydrogens is 238 g/mol. The van der Waals surface area contributed by atoms with Crippen LogP contribution in [0.4, 0.5) is 0 Å². The van der Waals surface area contributed by atoms with E-state index in [0.29, 0.717) is 12.1 Å². The van der Waals surface area contributed by atoms with E-state index in [1.54, 1.807) is 18.2 Å². The molecule has 1 unspecified atom stereocenters. The van der Waals surface area contributed by atoms with Crippen LogP contribution in [0.5, 0.6) is 5.75 Å². The van der Waals surface area contributed by atoms with E-state index in [4.69, 9.17) is 5.73 Å². The summed E-state index contributed by atoms with van der Waals surface area (Å²) in [7, 11) is 0. The van der Waals surface area contributed by atoms with Crippen LogP contribution < -0.4 is 5.73 Å². The largest absolute Gasteiger partial charge is 0.508 e. The minimum Gasteiger partial charge on any atom is -0.508 e. The summed E-state index contributed by atoms with van der Waals surface area (Å²) in [6.07, 6.45) is 1.51. The van der Waals surface area contributed by atoms with Gasteiger partial charge in [-0.05, 0) is 36.7 Å². The molecule has 0 aliphatic carbocycles. The van der Waals surface area contributed by atoms with E-state index in [1.165, 1.54) is 0 Å². The van der Waals surface area contributed by atoms with E-state index in [1.807, 2.05) is 30.3 Å². The molecule has 0 aliphatic rings. The summed E-state index contributed by atoms with van der Waals surface area (Å²) in [6, 6.07) is 14.8. The van der Waals surface area contributed by atoms with E-state index in [2.05, 4.69) is 0 Å². The molecule has 1 atom stereocenters. The van der Waals surface area contributed by atoms with Gasteiger partial charge in [0.2, 0.25) is 0 Å². The molecule has 0 amide bonds. The third kappa shape index (κ3) is 3.01. The Morgan fingerprint density at radius 3 is 2.53 bits per heavy atom. The molecule has 98 valence electrons. The number of phenolic OH excluding ortho intramolecular Hbond substituents is 1. The van der Waals surface area contributed by atoms with Crippen LogP contribution in [-0.4, -0.2) is 17.9 Å². The van der Waals surface area contributed by atoms with Crippen molar-refractivity contribution in [3.8, 4) is 5.75 Å². The summed E-state index contributed by atoms with van der Waals surface area (Å²) in [5, 5.41) is 10.0. The lowest BCUT2D eigenvalue weighted by atomic mass is 9.87. The summed E-state index contributed by atoms with van der Waals surface area (Å²) in [6.45, 7) is 0.518. The Morgan fingerprint density at radius 1 is 1.16 bits per heavy atom. The van der Waals surface area contributed by atoms with Gasteiger partial charge in [0.25, 0.3) is 0 Å². The van der Waals surface area contributed by atoms with E-state index in [0.717, 1.165) is 23.8 Å². The lowest BCUT2D eigenvalue weighted by Gasteiger charge is -2.18. The monoisotopic (exact) mass is 255 g/mol. The molecule has 3 heteroatoms. The number of carbonyl (C=O) groups is 1. The first-order valence-electron chi connectivity index (χ1n) is 6.29. The van der Waals surface area contributed by atoms with E-state index in [9.17, 15) is 9.90 Å². The molecule has 2 aromatic carbocycles. The van der Waals surface area contributed by atoms with E-state index >= 15 is 0 Å². The topological polar surface area (TPSA) is 63.3 Å². The molecule has 0 bridgehead atoms. The zero-order chi connectivity index (χ0) is 13.7. The second kappa shape index (κ2) is 6.16. The highest BCUT2D eigenvalue weighted by atomic mass is 16.3. The van der Waals surface area contributed by atoms with Gasteiger partial charge in [-0.1, -0.05) is 30.3 Å². The number of phenols is 1. The van der Waals surface area contributed by atoms with Crippen LogP contribution in [-0.2, 0) is 0 Å². The van der Waals surface area contributed by atoms with Crippen molar-refractivity contribution in [3.05, 3.63) is 65.2 Å². The van der Waals surface area contributed by atoms with Crippen molar-refractivity contribution in [1.29, 1.82) is 0 Å². The number of hydrogen-bond acceptors (Lipinski definition) is 3. The van der Waals surface area contributed by atoms with Crippen LogP contribution in [0.3, 0.4) is 0 Å². The lowest BCUT2D eigenvalue weighted by molar-refractivity contribution is 0.112. The van der Waals surface area contributed by atoms with Crippen LogP contribution >= 0.6 is 0 Å². The molecule has 0 spiro atoms. The summed E-state index contributed by atoms with van der Waals surface area (Å²) in [4.78, 5) is 10.9. The number of aromatic hydroxyl groups is 1. The standard InChI is InChI=1S/C16H17NO2/c17-9-8-14(13-4-2-1-3-5-13)15-10-12(11-18)6-7-16(15)19/h1-7,10-11,14,19H,8-9,17H2. The fourth-order valence-corrected chi connectivity index (χ4v) is 2.28. The minimum absolute atomic E-state index is 0.00565. The predicted molar refractivity (Wildman–Crippen MR) is 75.5 cm³/mol. The average molecular weight is 255 g/mol. The fraction of sp³-hybridized carbons (Fsp3) is 0.188. The van der Waals surface area contributed by atoms with Gasteiger partial charge in [-0.3, -0.25) is 4.79 Å². The number of carbonyl (C=O) groups excluding carboxylic acids is 1. The second-order valence-electron chi connectivity index (χ2n) is 4.48. The van der Waals surface area contributed by atoms with Crippen LogP contribution in [0.15, 0.2) is 48.5 Å². The average Bonchev–Trinajstić information content (AvgIpc) is 2.47. The summed E-state index contributed by atoms with van der Waals surface area (Å²) in [5.74, 6) is 0.207. The Morgan fingerprint density at radius 2 is 1.89 bits per heavy atom. The smallest absolute Gasteiger partial charge is 0.150 e. The Hall–Kier alpha value is -2.13. The molecule has 0 aliphatic heterocycles. The molecule has 2 rings (SSSR count). The van der Waals surface area contributed by atoms with Crippen LogP contribution in [0.2, 0.25) is 0 Å². The van der Waals surface area contributed by atoms with Crippen molar-refractivity contribution in [2.24, 2.45) is 5.73 Å². The maximum atomic E-state index is 10.9. The Bertz CT molecular complexity index is 552. The quantitative estimate of drug-likeness (QED) is 0.807. The van der Waals surface area contributed by atoms with Gasteiger partial charge in [0.1, 0.15) is 12.0 Å². The first kappa shape index (κ1) is 13.3. The molecule has 0 fully saturated rings. The first-order valence-corrected chi connectivity index (χ1v) is 6.29. The highest BCUT2D eigenvalue weighted by Gasteiger charge is 2.17. The van der Waals surface area contributed by atoms with Crippen LogP contribution in [0.1, 0.15) is 33.8 Å². The van der Waals surface area contributed by atoms with Crippen molar-refractivity contribution in [3.63, 3.8) is 0 Å². The fourth-order valence-electron chi connectivity index (χ4n) is 2.28. The van der Waals surface area contributed by atoms with Crippen molar-refractivity contribution < 1.29 is 9.90 Å². The molecule has 3 N–H and O–H groups in total. The molecule has 2 aromatic rings. The van der Waals surface area contributed by atoms with Crippen molar-refractivity contribution >= 4 is 6.29 Å². The molecule has 0 radical (unpaired) electrons. The van der Waals surface area contributed by atoms with Crippen molar-refractivity contribution in [1.82, 2.24) is 0 Å². The summed E-state index contributed by atoms with van der Waals surface area (Å²) < 4.78 is 0. The highest BCUT2D eigenvalue weighted by molar-refractivity contribution is 5.75. The van der Waals surface area contributed by atoms with Gasteiger partial charge in [0, 0.05) is 17.0 Å². The Labute approximate surface area is 112 Å². The number of aldehydes is 1. The van der Waals surface area contributed by atoms with E-state index < -0.39 is 0 Å². The number of hydrogen-bond donors (Lipinski definition) is 2. The number of rotatable bonds is 5.